The molecule has 0 aliphatic heterocycles. The van der Waals surface area contributed by atoms with Crippen molar-refractivity contribution in [3.05, 3.63) is 178 Å². The molecule has 0 radical (unpaired) electrons. The standard InChI is InChI=1S/C25H18ClFN4.C23H12ClFN4O2.C2H7N.CH2O3.2Cs.H/c1-31(2)24-8-6-16(17-9-11-28-14-21(17)24)19-13-23(20-12-15(26)5-7-22(20)27)30-25-18(19)4-3-10-29-25;24-13-3-5-20(25)18(10-13)21-11-17(16-2-1-8-27-23(16)28-21)14-4-6-22(29(30)31)19-12-26-9-7-15(14)19;1-3-2;2-1-4-3;;;/h3-14H,1-2H3;1-12H;3H,1-2H3;1,3H;;;/q;;;;2*+1;-1/p-1. The molecule has 0 atom stereocenters. The number of non-ortho nitro benzene ring substituents is 1. The van der Waals surface area contributed by atoms with Crippen molar-refractivity contribution >= 4 is 84.7 Å². The molecule has 0 aliphatic carbocycles. The van der Waals surface area contributed by atoms with Crippen molar-refractivity contribution in [2.45, 2.75) is 0 Å². The van der Waals surface area contributed by atoms with Crippen LogP contribution in [-0.4, -0.2) is 69.5 Å². The van der Waals surface area contributed by atoms with Crippen LogP contribution >= 0.6 is 23.2 Å². The van der Waals surface area contributed by atoms with E-state index in [1.54, 1.807) is 55.1 Å². The topological polar surface area (TPSA) is 185 Å². The maximum Gasteiger partial charge on any atom is 1.00 e. The van der Waals surface area contributed by atoms with E-state index < -0.39 is 10.7 Å². The van der Waals surface area contributed by atoms with E-state index in [4.69, 9.17) is 33.3 Å². The first-order valence-corrected chi connectivity index (χ1v) is 21.4. The smallest absolute Gasteiger partial charge is 1.00 e. The molecule has 14 nitrogen and oxygen atoms in total. The molecule has 1 N–H and O–H groups in total. The van der Waals surface area contributed by atoms with Gasteiger partial charge in [-0.25, -0.2) is 28.7 Å². The van der Waals surface area contributed by atoms with Crippen LogP contribution in [0.5, 0.6) is 0 Å². The monoisotopic (exact) mass is 1230 g/mol. The Morgan fingerprint density at radius 2 is 1.07 bits per heavy atom. The first kappa shape index (κ1) is 57.9. The van der Waals surface area contributed by atoms with Crippen molar-refractivity contribution in [1.29, 1.82) is 0 Å². The predicted molar refractivity (Wildman–Crippen MR) is 266 cm³/mol. The second-order valence-corrected chi connectivity index (χ2v) is 15.9. The van der Waals surface area contributed by atoms with E-state index in [0.717, 1.165) is 49.5 Å². The Balaban J connectivity index is 0.000000267. The Morgan fingerprint density at radius 1 is 0.620 bits per heavy atom. The number of hydrogen-bond donors (Lipinski definition) is 1. The molecule has 20 heteroatoms. The minimum atomic E-state index is -0.462. The number of aromatic nitrogens is 6. The first-order valence-electron chi connectivity index (χ1n) is 20.7. The van der Waals surface area contributed by atoms with Gasteiger partial charge < -0.3 is 21.8 Å². The van der Waals surface area contributed by atoms with Crippen LogP contribution in [0.15, 0.2) is 146 Å². The Kier molecular flexibility index (Phi) is 22.2. The van der Waals surface area contributed by atoms with Crippen molar-refractivity contribution in [2.75, 3.05) is 33.1 Å². The number of carbonyl (C=O) groups is 1. The minimum absolute atomic E-state index is 0. The largest absolute Gasteiger partial charge is 1.00 e. The number of carbonyl (C=O) groups excluding carboxylic acids is 1. The number of nitrogens with zero attached hydrogens (tertiary/aromatic N) is 8. The van der Waals surface area contributed by atoms with Crippen LogP contribution in [0.2, 0.25) is 10.0 Å². The SMILES string of the molecule is CN(C)c1ccc(-c2cc(-c3cc(Cl)ccc3F)nc3ncccc23)c2ccncc12.CNC.O=CO[O-].O=[N+]([O-])c1ccc(-c2cc(-c3cc(Cl)ccc3F)nc3ncccc23)c2ccncc12.[Cs+].[Cs+].[H-]. The number of halogens is 4. The summed E-state index contributed by atoms with van der Waals surface area (Å²) in [6, 6.07) is 30.9. The van der Waals surface area contributed by atoms with Gasteiger partial charge in [0.1, 0.15) is 11.6 Å². The summed E-state index contributed by atoms with van der Waals surface area (Å²) in [7, 11) is 7.76. The molecule has 10 aromatic rings. The van der Waals surface area contributed by atoms with Crippen molar-refractivity contribution in [3.63, 3.8) is 0 Å². The minimum Gasteiger partial charge on any atom is -1.00 e. The van der Waals surface area contributed by atoms with Gasteiger partial charge in [-0.2, -0.15) is 0 Å². The zero-order valence-electron chi connectivity index (χ0n) is 40.1. The number of anilines is 1. The van der Waals surface area contributed by atoms with Crippen LogP contribution in [0.4, 0.5) is 20.2 Å². The summed E-state index contributed by atoms with van der Waals surface area (Å²) in [4.78, 5) is 50.7. The van der Waals surface area contributed by atoms with E-state index >= 15 is 0 Å². The Labute approximate surface area is 535 Å². The molecular formula is C51H39Cl2Cs2F2N9O5. The van der Waals surface area contributed by atoms with Gasteiger partial charge in [-0.05, 0) is 144 Å². The van der Waals surface area contributed by atoms with E-state index in [1.165, 1.54) is 42.6 Å². The Hall–Kier alpha value is -4.05. The number of pyridine rings is 6. The maximum absolute atomic E-state index is 14.7. The molecular weight excluding hydrogens is 1190 g/mol. The van der Waals surface area contributed by atoms with E-state index in [1.807, 2.05) is 64.7 Å². The number of rotatable bonds is 7. The van der Waals surface area contributed by atoms with Crippen LogP contribution in [0, 0.1) is 21.7 Å². The zero-order valence-corrected chi connectivity index (χ0v) is 53.1. The van der Waals surface area contributed by atoms with Gasteiger partial charge in [-0.15, -0.1) is 0 Å². The molecule has 348 valence electrons. The summed E-state index contributed by atoms with van der Waals surface area (Å²) in [5.41, 5.74) is 6.83. The van der Waals surface area contributed by atoms with Crippen molar-refractivity contribution in [2.24, 2.45) is 0 Å². The molecule has 0 aliphatic rings. The molecule has 0 unspecified atom stereocenters. The second-order valence-electron chi connectivity index (χ2n) is 15.1. The molecule has 0 saturated carbocycles. The number of nitrogens with one attached hydrogen (secondary N) is 1. The quantitative estimate of drug-likeness (QED) is 0.0978. The molecule has 0 amide bonds. The van der Waals surface area contributed by atoms with Gasteiger partial charge in [0.05, 0.1) is 21.7 Å². The average molecular weight is 1230 g/mol. The fourth-order valence-corrected chi connectivity index (χ4v) is 7.94. The maximum atomic E-state index is 14.7. The van der Waals surface area contributed by atoms with Crippen LogP contribution in [0.1, 0.15) is 1.43 Å². The van der Waals surface area contributed by atoms with Crippen molar-refractivity contribution in [1.82, 2.24) is 35.2 Å². The summed E-state index contributed by atoms with van der Waals surface area (Å²) in [5, 5.41) is 28.3. The molecule has 6 aromatic heterocycles. The second kappa shape index (κ2) is 27.3. The molecule has 0 bridgehead atoms. The normalized spacial score (nSPS) is 10.3. The third kappa shape index (κ3) is 13.6. The van der Waals surface area contributed by atoms with Gasteiger partial charge in [-0.1, -0.05) is 29.3 Å². The zero-order chi connectivity index (χ0) is 49.2. The molecule has 6 heterocycles. The third-order valence-corrected chi connectivity index (χ3v) is 10.9. The molecule has 10 rings (SSSR count). The van der Waals surface area contributed by atoms with Gasteiger partial charge in [0.25, 0.3) is 12.2 Å². The van der Waals surface area contributed by atoms with Crippen LogP contribution in [0.25, 0.3) is 88.4 Å². The molecule has 4 aromatic carbocycles. The fraction of sp³-hybridized carbons (Fsp3) is 0.0784. The summed E-state index contributed by atoms with van der Waals surface area (Å²) >= 11 is 12.2. The van der Waals surface area contributed by atoms with E-state index in [2.05, 4.69) is 57.1 Å². The summed E-state index contributed by atoms with van der Waals surface area (Å²) in [6.07, 6.45) is 9.99. The van der Waals surface area contributed by atoms with Crippen LogP contribution < -0.4 is 153 Å². The third-order valence-electron chi connectivity index (χ3n) is 10.5. The first-order chi connectivity index (χ1) is 33.4. The van der Waals surface area contributed by atoms with Gasteiger partial charge in [0, 0.05) is 100 Å². The number of nitro benzene ring substituents is 1. The molecule has 0 saturated heterocycles. The number of benzene rings is 4. The van der Waals surface area contributed by atoms with Gasteiger partial charge in [0.15, 0.2) is 11.3 Å². The summed E-state index contributed by atoms with van der Waals surface area (Å²) < 4.78 is 29.2. The van der Waals surface area contributed by atoms with Crippen LogP contribution in [-0.2, 0) is 9.68 Å². The summed E-state index contributed by atoms with van der Waals surface area (Å²) in [5.74, 6) is -0.842. The van der Waals surface area contributed by atoms with Gasteiger partial charge in [-0.3, -0.25) is 24.9 Å². The number of nitro groups is 1. The molecule has 71 heavy (non-hydrogen) atoms. The van der Waals surface area contributed by atoms with Crippen molar-refractivity contribution < 1.29 is 168 Å². The number of hydrogen-bond acceptors (Lipinski definition) is 13. The van der Waals surface area contributed by atoms with Crippen LogP contribution in [0.3, 0.4) is 0 Å². The Bertz CT molecular complexity index is 3540. The molecule has 0 fully saturated rings. The van der Waals surface area contributed by atoms with E-state index in [-0.39, 0.29) is 163 Å². The van der Waals surface area contributed by atoms with E-state index in [9.17, 15) is 18.9 Å². The molecule has 0 spiro atoms. The summed E-state index contributed by atoms with van der Waals surface area (Å²) in [6.45, 7) is -0.181. The van der Waals surface area contributed by atoms with E-state index in [0.29, 0.717) is 49.1 Å². The van der Waals surface area contributed by atoms with Crippen molar-refractivity contribution in [3.8, 4) is 44.8 Å². The predicted octanol–water partition coefficient (Wildman–Crippen LogP) is 4.97. The van der Waals surface area contributed by atoms with Gasteiger partial charge >= 0.3 is 138 Å². The average Bonchev–Trinajstić information content (AvgIpc) is 3.37. The van der Waals surface area contributed by atoms with Gasteiger partial charge in [0.2, 0.25) is 0 Å². The number of fused-ring (bicyclic) bond motifs is 4. The Morgan fingerprint density at radius 3 is 1.52 bits per heavy atom. The fourth-order valence-electron chi connectivity index (χ4n) is 7.59.